The minimum Gasteiger partial charge on any atom is -0.394 e. The fraction of sp³-hybridized carbons (Fsp3) is 0.400. The first kappa shape index (κ1) is 12.4. The Morgan fingerprint density at radius 3 is 2.87 bits per heavy atom. The highest BCUT2D eigenvalue weighted by molar-refractivity contribution is 9.10. The van der Waals surface area contributed by atoms with Crippen molar-refractivity contribution in [3.63, 3.8) is 0 Å². The highest BCUT2D eigenvalue weighted by atomic mass is 79.9. The zero-order valence-electron chi connectivity index (χ0n) is 8.17. The largest absolute Gasteiger partial charge is 0.394 e. The lowest BCUT2D eigenvalue weighted by molar-refractivity contribution is 0.0992. The lowest BCUT2D eigenvalue weighted by atomic mass is 10.3. The maximum absolute atomic E-state index is 13.3. The first-order valence-corrected chi connectivity index (χ1v) is 5.41. The Morgan fingerprint density at radius 2 is 2.20 bits per heavy atom. The van der Waals surface area contributed by atoms with Gasteiger partial charge in [-0.05, 0) is 28.1 Å². The summed E-state index contributed by atoms with van der Waals surface area (Å²) in [6, 6.07) is 4.79. The molecule has 0 fully saturated rings. The number of halogens is 2. The van der Waals surface area contributed by atoms with Gasteiger partial charge < -0.3 is 15.2 Å². The van der Waals surface area contributed by atoms with Crippen LogP contribution in [0.2, 0.25) is 0 Å². The Morgan fingerprint density at radius 1 is 1.40 bits per heavy atom. The fourth-order valence-electron chi connectivity index (χ4n) is 1.08. The molecule has 1 aromatic carbocycles. The van der Waals surface area contributed by atoms with Gasteiger partial charge in [-0.25, -0.2) is 4.39 Å². The molecule has 0 aliphatic carbocycles. The molecule has 0 aromatic heterocycles. The molecule has 0 aliphatic rings. The van der Waals surface area contributed by atoms with Gasteiger partial charge in [0, 0.05) is 11.0 Å². The Labute approximate surface area is 96.4 Å². The van der Waals surface area contributed by atoms with Crippen LogP contribution in [0.5, 0.6) is 0 Å². The van der Waals surface area contributed by atoms with Gasteiger partial charge in [-0.1, -0.05) is 6.07 Å². The van der Waals surface area contributed by atoms with Crippen LogP contribution in [-0.4, -0.2) is 31.5 Å². The number of aliphatic hydroxyl groups is 1. The van der Waals surface area contributed by atoms with E-state index < -0.39 is 0 Å². The highest BCUT2D eigenvalue weighted by Gasteiger charge is 2.04. The predicted octanol–water partition coefficient (Wildman–Crippen LogP) is 2.01. The Balaban J connectivity index is 2.37. The second-order valence-electron chi connectivity index (χ2n) is 2.86. The molecular weight excluding hydrogens is 265 g/mol. The normalized spacial score (nSPS) is 10.3. The molecule has 0 heterocycles. The maximum atomic E-state index is 13.3. The third kappa shape index (κ3) is 4.15. The van der Waals surface area contributed by atoms with Gasteiger partial charge in [0.1, 0.15) is 5.82 Å². The summed E-state index contributed by atoms with van der Waals surface area (Å²) in [6.07, 6.45) is 0. The van der Waals surface area contributed by atoms with Crippen LogP contribution in [0, 0.1) is 5.82 Å². The molecule has 5 heteroatoms. The van der Waals surface area contributed by atoms with Crippen LogP contribution in [0.4, 0.5) is 10.1 Å². The van der Waals surface area contributed by atoms with Crippen molar-refractivity contribution in [3.05, 3.63) is 28.5 Å². The van der Waals surface area contributed by atoms with Crippen molar-refractivity contribution in [2.75, 3.05) is 31.7 Å². The Kier molecular flexibility index (Phi) is 5.60. The molecule has 0 spiro atoms. The first-order chi connectivity index (χ1) is 7.25. The smallest absolute Gasteiger partial charge is 0.147 e. The van der Waals surface area contributed by atoms with E-state index in [2.05, 4.69) is 21.2 Å². The standard InChI is InChI=1S/C10H13BrFNO2/c11-8-2-1-3-9(12)10(8)13-4-6-15-7-5-14/h1-3,13-14H,4-7H2. The molecule has 0 saturated carbocycles. The van der Waals surface area contributed by atoms with E-state index in [1.54, 1.807) is 12.1 Å². The molecule has 0 bridgehead atoms. The summed E-state index contributed by atoms with van der Waals surface area (Å²) in [5.41, 5.74) is 0.435. The van der Waals surface area contributed by atoms with Crippen LogP contribution in [0.25, 0.3) is 0 Å². The van der Waals surface area contributed by atoms with E-state index in [1.807, 2.05) is 0 Å². The van der Waals surface area contributed by atoms with Crippen LogP contribution in [-0.2, 0) is 4.74 Å². The fourth-order valence-corrected chi connectivity index (χ4v) is 1.56. The quantitative estimate of drug-likeness (QED) is 0.782. The highest BCUT2D eigenvalue weighted by Crippen LogP contribution is 2.24. The minimum absolute atomic E-state index is 0.00337. The topological polar surface area (TPSA) is 41.5 Å². The lowest BCUT2D eigenvalue weighted by Crippen LogP contribution is -2.12. The van der Waals surface area contributed by atoms with Gasteiger partial charge in [-0.2, -0.15) is 0 Å². The van der Waals surface area contributed by atoms with E-state index in [4.69, 9.17) is 9.84 Å². The number of aliphatic hydroxyl groups excluding tert-OH is 1. The molecule has 84 valence electrons. The van der Waals surface area contributed by atoms with Crippen LogP contribution in [0.15, 0.2) is 22.7 Å². The number of benzene rings is 1. The average molecular weight is 278 g/mol. The SMILES string of the molecule is OCCOCCNc1c(F)cccc1Br. The van der Waals surface area contributed by atoms with E-state index in [0.29, 0.717) is 29.9 Å². The minimum atomic E-state index is -0.300. The van der Waals surface area contributed by atoms with Gasteiger partial charge in [0.05, 0.1) is 25.5 Å². The van der Waals surface area contributed by atoms with E-state index in [0.717, 1.165) is 0 Å². The summed E-state index contributed by atoms with van der Waals surface area (Å²) in [5, 5.41) is 11.4. The van der Waals surface area contributed by atoms with Crippen LogP contribution >= 0.6 is 15.9 Å². The summed E-state index contributed by atoms with van der Waals surface area (Å²) in [7, 11) is 0. The van der Waals surface area contributed by atoms with Crippen LogP contribution in [0.3, 0.4) is 0 Å². The lowest BCUT2D eigenvalue weighted by Gasteiger charge is -2.09. The molecule has 0 atom stereocenters. The van der Waals surface area contributed by atoms with E-state index >= 15 is 0 Å². The third-order valence-electron chi connectivity index (χ3n) is 1.75. The molecule has 15 heavy (non-hydrogen) atoms. The van der Waals surface area contributed by atoms with Crippen LogP contribution < -0.4 is 5.32 Å². The zero-order chi connectivity index (χ0) is 11.1. The molecular formula is C10H13BrFNO2. The summed E-state index contributed by atoms with van der Waals surface area (Å²) < 4.78 is 19.0. The summed E-state index contributed by atoms with van der Waals surface area (Å²) in [4.78, 5) is 0. The zero-order valence-corrected chi connectivity index (χ0v) is 9.76. The van der Waals surface area contributed by atoms with Crippen molar-refractivity contribution in [1.29, 1.82) is 0 Å². The van der Waals surface area contributed by atoms with Gasteiger partial charge >= 0.3 is 0 Å². The maximum Gasteiger partial charge on any atom is 0.147 e. The number of hydrogen-bond donors (Lipinski definition) is 2. The number of rotatable bonds is 6. The summed E-state index contributed by atoms with van der Waals surface area (Å²) in [6.45, 7) is 1.24. The average Bonchev–Trinajstić information content (AvgIpc) is 2.21. The molecule has 3 nitrogen and oxygen atoms in total. The molecule has 0 unspecified atom stereocenters. The number of para-hydroxylation sites is 1. The summed E-state index contributed by atoms with van der Waals surface area (Å²) in [5.74, 6) is -0.300. The molecule has 0 amide bonds. The van der Waals surface area contributed by atoms with Gasteiger partial charge in [0.2, 0.25) is 0 Å². The van der Waals surface area contributed by atoms with Gasteiger partial charge in [0.25, 0.3) is 0 Å². The summed E-state index contributed by atoms with van der Waals surface area (Å²) >= 11 is 3.25. The van der Waals surface area contributed by atoms with Crippen molar-refractivity contribution >= 4 is 21.6 Å². The van der Waals surface area contributed by atoms with E-state index in [9.17, 15) is 4.39 Å². The van der Waals surface area contributed by atoms with E-state index in [-0.39, 0.29) is 12.4 Å². The third-order valence-corrected chi connectivity index (χ3v) is 2.41. The molecule has 0 aliphatic heterocycles. The van der Waals surface area contributed by atoms with Crippen molar-refractivity contribution in [1.82, 2.24) is 0 Å². The van der Waals surface area contributed by atoms with Gasteiger partial charge in [0.15, 0.2) is 0 Å². The Hall–Kier alpha value is -0.650. The molecule has 2 N–H and O–H groups in total. The van der Waals surface area contributed by atoms with E-state index in [1.165, 1.54) is 6.07 Å². The van der Waals surface area contributed by atoms with Crippen molar-refractivity contribution < 1.29 is 14.2 Å². The number of ether oxygens (including phenoxy) is 1. The molecule has 0 saturated heterocycles. The van der Waals surface area contributed by atoms with Crippen molar-refractivity contribution in [2.24, 2.45) is 0 Å². The molecule has 1 rings (SSSR count). The predicted molar refractivity (Wildman–Crippen MR) is 60.5 cm³/mol. The first-order valence-electron chi connectivity index (χ1n) is 4.62. The molecule has 1 aromatic rings. The van der Waals surface area contributed by atoms with Gasteiger partial charge in [-0.3, -0.25) is 0 Å². The number of nitrogens with one attached hydrogen (secondary N) is 1. The Bertz CT molecular complexity index is 289. The number of hydrogen-bond acceptors (Lipinski definition) is 3. The second kappa shape index (κ2) is 6.76. The van der Waals surface area contributed by atoms with Gasteiger partial charge in [-0.15, -0.1) is 0 Å². The van der Waals surface area contributed by atoms with Crippen molar-refractivity contribution in [3.8, 4) is 0 Å². The van der Waals surface area contributed by atoms with Crippen molar-refractivity contribution in [2.45, 2.75) is 0 Å². The second-order valence-corrected chi connectivity index (χ2v) is 3.71. The van der Waals surface area contributed by atoms with Crippen LogP contribution in [0.1, 0.15) is 0 Å². The monoisotopic (exact) mass is 277 g/mol. The number of anilines is 1. The molecule has 0 radical (unpaired) electrons.